The Kier molecular flexibility index (Phi) is 7.61. The molecule has 0 aliphatic heterocycles. The van der Waals surface area contributed by atoms with Crippen molar-refractivity contribution >= 4 is 5.97 Å². The Labute approximate surface area is 126 Å². The number of ether oxygens (including phenoxy) is 3. The van der Waals surface area contributed by atoms with Crippen LogP contribution in [-0.2, 0) is 16.0 Å². The molecule has 0 aromatic heterocycles. The number of esters is 1. The number of nitrogens with zero attached hydrogens (tertiary/aromatic N) is 1. The van der Waals surface area contributed by atoms with Crippen molar-refractivity contribution in [3.63, 3.8) is 0 Å². The summed E-state index contributed by atoms with van der Waals surface area (Å²) in [6, 6.07) is 5.43. The standard InChI is InChI=1S/C16H25NO4/c1-5-17(6-2)9-10-21-16(18)12-13-7-8-14(19-3)15(11-13)20-4/h7-8,11H,5-6,9-10,12H2,1-4H3. The van der Waals surface area contributed by atoms with E-state index < -0.39 is 0 Å². The number of rotatable bonds is 9. The van der Waals surface area contributed by atoms with Gasteiger partial charge in [-0.2, -0.15) is 0 Å². The monoisotopic (exact) mass is 295 g/mol. The molecule has 0 aliphatic rings. The van der Waals surface area contributed by atoms with E-state index in [0.717, 1.165) is 25.2 Å². The zero-order valence-corrected chi connectivity index (χ0v) is 13.3. The molecule has 0 radical (unpaired) electrons. The lowest BCUT2D eigenvalue weighted by Crippen LogP contribution is -2.28. The molecule has 0 spiro atoms. The first-order valence-corrected chi connectivity index (χ1v) is 7.23. The Morgan fingerprint density at radius 2 is 1.76 bits per heavy atom. The molecule has 0 atom stereocenters. The number of hydrogen-bond acceptors (Lipinski definition) is 5. The van der Waals surface area contributed by atoms with Gasteiger partial charge < -0.3 is 19.1 Å². The van der Waals surface area contributed by atoms with E-state index in [1.165, 1.54) is 0 Å². The van der Waals surface area contributed by atoms with Gasteiger partial charge in [-0.25, -0.2) is 0 Å². The van der Waals surface area contributed by atoms with E-state index in [1.807, 2.05) is 6.07 Å². The number of benzene rings is 1. The Bertz CT molecular complexity index is 444. The highest BCUT2D eigenvalue weighted by atomic mass is 16.5. The topological polar surface area (TPSA) is 48.0 Å². The third kappa shape index (κ3) is 5.63. The van der Waals surface area contributed by atoms with Gasteiger partial charge in [-0.15, -0.1) is 0 Å². The molecule has 0 unspecified atom stereocenters. The van der Waals surface area contributed by atoms with Gasteiger partial charge >= 0.3 is 5.97 Å². The van der Waals surface area contributed by atoms with Crippen molar-refractivity contribution in [1.29, 1.82) is 0 Å². The van der Waals surface area contributed by atoms with Crippen LogP contribution in [0.15, 0.2) is 18.2 Å². The van der Waals surface area contributed by atoms with Crippen LogP contribution in [0.25, 0.3) is 0 Å². The van der Waals surface area contributed by atoms with Gasteiger partial charge in [0.15, 0.2) is 11.5 Å². The predicted octanol–water partition coefficient (Wildman–Crippen LogP) is 2.13. The summed E-state index contributed by atoms with van der Waals surface area (Å²) in [6.07, 6.45) is 0.235. The molecule has 1 aromatic rings. The summed E-state index contributed by atoms with van der Waals surface area (Å²) < 4.78 is 15.6. The second-order valence-electron chi connectivity index (χ2n) is 4.61. The molecule has 0 aliphatic carbocycles. The molecule has 0 bridgehead atoms. The maximum absolute atomic E-state index is 11.8. The van der Waals surface area contributed by atoms with Crippen LogP contribution in [-0.4, -0.2) is 51.3 Å². The van der Waals surface area contributed by atoms with Gasteiger partial charge in [-0.05, 0) is 30.8 Å². The first-order chi connectivity index (χ1) is 10.1. The molecule has 0 heterocycles. The van der Waals surface area contributed by atoms with Crippen LogP contribution in [0.4, 0.5) is 0 Å². The number of methoxy groups -OCH3 is 2. The number of hydrogen-bond donors (Lipinski definition) is 0. The highest BCUT2D eigenvalue weighted by Crippen LogP contribution is 2.27. The van der Waals surface area contributed by atoms with Crippen molar-refractivity contribution in [2.45, 2.75) is 20.3 Å². The third-order valence-electron chi connectivity index (χ3n) is 3.36. The molecule has 0 saturated heterocycles. The summed E-state index contributed by atoms with van der Waals surface area (Å²) in [7, 11) is 3.16. The van der Waals surface area contributed by atoms with E-state index in [2.05, 4.69) is 18.7 Å². The fraction of sp³-hybridized carbons (Fsp3) is 0.562. The van der Waals surface area contributed by atoms with Crippen molar-refractivity contribution in [2.75, 3.05) is 40.5 Å². The number of carbonyl (C=O) groups is 1. The lowest BCUT2D eigenvalue weighted by Gasteiger charge is -2.17. The van der Waals surface area contributed by atoms with E-state index in [0.29, 0.717) is 18.1 Å². The molecular formula is C16H25NO4. The van der Waals surface area contributed by atoms with Gasteiger partial charge in [0, 0.05) is 6.54 Å². The zero-order chi connectivity index (χ0) is 15.7. The SMILES string of the molecule is CCN(CC)CCOC(=O)Cc1ccc(OC)c(OC)c1. The molecule has 21 heavy (non-hydrogen) atoms. The van der Waals surface area contributed by atoms with E-state index in [-0.39, 0.29) is 12.4 Å². The molecule has 0 amide bonds. The van der Waals surface area contributed by atoms with Gasteiger partial charge in [0.1, 0.15) is 6.61 Å². The lowest BCUT2D eigenvalue weighted by atomic mass is 10.1. The first-order valence-electron chi connectivity index (χ1n) is 7.23. The summed E-state index contributed by atoms with van der Waals surface area (Å²) in [4.78, 5) is 14.0. The third-order valence-corrected chi connectivity index (χ3v) is 3.36. The Balaban J connectivity index is 2.47. The fourth-order valence-electron chi connectivity index (χ4n) is 2.04. The predicted molar refractivity (Wildman–Crippen MR) is 82.0 cm³/mol. The van der Waals surface area contributed by atoms with Crippen molar-refractivity contribution in [3.8, 4) is 11.5 Å². The molecule has 0 N–H and O–H groups in total. The Morgan fingerprint density at radius 1 is 1.10 bits per heavy atom. The van der Waals surface area contributed by atoms with Crippen LogP contribution in [0.3, 0.4) is 0 Å². The van der Waals surface area contributed by atoms with Gasteiger partial charge in [0.2, 0.25) is 0 Å². The molecule has 5 heteroatoms. The number of carbonyl (C=O) groups excluding carboxylic acids is 1. The summed E-state index contributed by atoms with van der Waals surface area (Å²) in [5.74, 6) is 1.04. The first kappa shape index (κ1) is 17.3. The molecule has 0 fully saturated rings. The largest absolute Gasteiger partial charge is 0.493 e. The van der Waals surface area contributed by atoms with E-state index >= 15 is 0 Å². The molecule has 1 aromatic carbocycles. The average molecular weight is 295 g/mol. The van der Waals surface area contributed by atoms with E-state index in [4.69, 9.17) is 14.2 Å². The van der Waals surface area contributed by atoms with E-state index in [1.54, 1.807) is 26.4 Å². The zero-order valence-electron chi connectivity index (χ0n) is 13.3. The van der Waals surface area contributed by atoms with Crippen LogP contribution in [0, 0.1) is 0 Å². The van der Waals surface area contributed by atoms with Gasteiger partial charge in [-0.3, -0.25) is 4.79 Å². The second-order valence-corrected chi connectivity index (χ2v) is 4.61. The molecule has 118 valence electrons. The van der Waals surface area contributed by atoms with Gasteiger partial charge in [-0.1, -0.05) is 19.9 Å². The van der Waals surface area contributed by atoms with Crippen LogP contribution < -0.4 is 9.47 Å². The fourth-order valence-corrected chi connectivity index (χ4v) is 2.04. The summed E-state index contributed by atoms with van der Waals surface area (Å²) in [5.41, 5.74) is 0.848. The summed E-state index contributed by atoms with van der Waals surface area (Å²) >= 11 is 0. The minimum atomic E-state index is -0.227. The minimum Gasteiger partial charge on any atom is -0.493 e. The van der Waals surface area contributed by atoms with Crippen molar-refractivity contribution in [2.24, 2.45) is 0 Å². The van der Waals surface area contributed by atoms with Crippen LogP contribution >= 0.6 is 0 Å². The summed E-state index contributed by atoms with van der Waals surface area (Å²) in [6.45, 7) is 7.30. The minimum absolute atomic E-state index is 0.227. The van der Waals surface area contributed by atoms with Crippen LogP contribution in [0.2, 0.25) is 0 Å². The van der Waals surface area contributed by atoms with Crippen LogP contribution in [0.5, 0.6) is 11.5 Å². The highest BCUT2D eigenvalue weighted by Gasteiger charge is 2.09. The van der Waals surface area contributed by atoms with Crippen molar-refractivity contribution in [3.05, 3.63) is 23.8 Å². The maximum Gasteiger partial charge on any atom is 0.310 e. The highest BCUT2D eigenvalue weighted by molar-refractivity contribution is 5.73. The van der Waals surface area contributed by atoms with Crippen molar-refractivity contribution in [1.82, 2.24) is 4.90 Å². The summed E-state index contributed by atoms with van der Waals surface area (Å²) in [5, 5.41) is 0. The van der Waals surface area contributed by atoms with Crippen LogP contribution in [0.1, 0.15) is 19.4 Å². The molecule has 1 rings (SSSR count). The van der Waals surface area contributed by atoms with Gasteiger partial charge in [0.25, 0.3) is 0 Å². The lowest BCUT2D eigenvalue weighted by molar-refractivity contribution is -0.143. The Morgan fingerprint density at radius 3 is 2.33 bits per heavy atom. The number of likely N-dealkylation sites (N-methyl/N-ethyl adjacent to an activating group) is 1. The van der Waals surface area contributed by atoms with Crippen molar-refractivity contribution < 1.29 is 19.0 Å². The molecular weight excluding hydrogens is 270 g/mol. The molecule has 5 nitrogen and oxygen atoms in total. The van der Waals surface area contributed by atoms with Gasteiger partial charge in [0.05, 0.1) is 20.6 Å². The average Bonchev–Trinajstić information content (AvgIpc) is 2.51. The normalized spacial score (nSPS) is 10.5. The smallest absolute Gasteiger partial charge is 0.310 e. The molecule has 0 saturated carbocycles. The quantitative estimate of drug-likeness (QED) is 0.653. The Hall–Kier alpha value is -1.75. The van der Waals surface area contributed by atoms with E-state index in [9.17, 15) is 4.79 Å². The second kappa shape index (κ2) is 9.23. The maximum atomic E-state index is 11.8.